The Balaban J connectivity index is 1.98. The van der Waals surface area contributed by atoms with Gasteiger partial charge in [-0.05, 0) is 31.2 Å². The molecular weight excluding hydrogens is 424 g/mol. The number of methoxy groups -OCH3 is 2. The summed E-state index contributed by atoms with van der Waals surface area (Å²) in [7, 11) is -0.447. The molecule has 1 heterocycles. The number of guanidine groups is 1. The van der Waals surface area contributed by atoms with Gasteiger partial charge < -0.3 is 20.1 Å². The Labute approximate surface area is 174 Å². The summed E-state index contributed by atoms with van der Waals surface area (Å²) in [6.07, 6.45) is 0. The Bertz CT molecular complexity index is 916. The van der Waals surface area contributed by atoms with Crippen molar-refractivity contribution in [1.82, 2.24) is 10.0 Å². The minimum Gasteiger partial charge on any atom is -0.493 e. The van der Waals surface area contributed by atoms with Crippen molar-refractivity contribution in [1.29, 1.82) is 0 Å². The summed E-state index contributed by atoms with van der Waals surface area (Å²) in [5.74, 6) is 1.73. The van der Waals surface area contributed by atoms with Crippen LogP contribution in [0.5, 0.6) is 11.5 Å². The van der Waals surface area contributed by atoms with Crippen LogP contribution < -0.4 is 24.8 Å². The Hall–Kier alpha value is -2.01. The summed E-state index contributed by atoms with van der Waals surface area (Å²) in [5.41, 5.74) is 0.756. The summed E-state index contributed by atoms with van der Waals surface area (Å²) in [6.45, 7) is 2.99. The SMILES string of the molecule is CCNC(=NCCNS(=O)(=O)c1ccc(Cl)s1)Nc1ccc(OC)c(OC)c1. The van der Waals surface area contributed by atoms with E-state index in [4.69, 9.17) is 21.1 Å². The number of rotatable bonds is 9. The molecule has 0 fully saturated rings. The van der Waals surface area contributed by atoms with Gasteiger partial charge in [-0.3, -0.25) is 4.99 Å². The lowest BCUT2D eigenvalue weighted by Crippen LogP contribution is -2.32. The van der Waals surface area contributed by atoms with E-state index in [2.05, 4.69) is 20.3 Å². The Morgan fingerprint density at radius 3 is 2.54 bits per heavy atom. The van der Waals surface area contributed by atoms with E-state index in [9.17, 15) is 8.42 Å². The van der Waals surface area contributed by atoms with Crippen LogP contribution in [0.25, 0.3) is 0 Å². The minimum absolute atomic E-state index is 0.153. The Morgan fingerprint density at radius 2 is 1.93 bits per heavy atom. The van der Waals surface area contributed by atoms with Crippen LogP contribution in [0.15, 0.2) is 39.5 Å². The van der Waals surface area contributed by atoms with Gasteiger partial charge in [0.15, 0.2) is 17.5 Å². The number of hydrogen-bond donors (Lipinski definition) is 3. The van der Waals surface area contributed by atoms with E-state index in [-0.39, 0.29) is 17.3 Å². The van der Waals surface area contributed by atoms with E-state index in [0.29, 0.717) is 28.3 Å². The maximum atomic E-state index is 12.2. The zero-order chi connectivity index (χ0) is 20.6. The average Bonchev–Trinajstić information content (AvgIpc) is 3.12. The van der Waals surface area contributed by atoms with Crippen molar-refractivity contribution in [3.8, 4) is 11.5 Å². The number of ether oxygens (including phenoxy) is 2. The molecule has 0 aliphatic heterocycles. The second kappa shape index (κ2) is 10.5. The van der Waals surface area contributed by atoms with E-state index < -0.39 is 10.0 Å². The van der Waals surface area contributed by atoms with Gasteiger partial charge in [-0.15, -0.1) is 11.3 Å². The monoisotopic (exact) mass is 446 g/mol. The summed E-state index contributed by atoms with van der Waals surface area (Å²) in [5, 5.41) is 6.25. The van der Waals surface area contributed by atoms with Crippen molar-refractivity contribution in [3.05, 3.63) is 34.7 Å². The summed E-state index contributed by atoms with van der Waals surface area (Å²) in [6, 6.07) is 8.42. The minimum atomic E-state index is -3.58. The molecule has 0 radical (unpaired) electrons. The van der Waals surface area contributed by atoms with Crippen LogP contribution >= 0.6 is 22.9 Å². The highest BCUT2D eigenvalue weighted by molar-refractivity contribution is 7.91. The molecule has 0 amide bonds. The predicted octanol–water partition coefficient (Wildman–Crippen LogP) is 2.77. The number of hydrogen-bond acceptors (Lipinski definition) is 6. The molecule has 0 unspecified atom stereocenters. The van der Waals surface area contributed by atoms with E-state index in [1.807, 2.05) is 13.0 Å². The molecule has 1 aromatic heterocycles. The van der Waals surface area contributed by atoms with Crippen molar-refractivity contribution < 1.29 is 17.9 Å². The molecule has 0 saturated heterocycles. The molecule has 0 aliphatic carbocycles. The van der Waals surface area contributed by atoms with Crippen molar-refractivity contribution in [2.75, 3.05) is 39.2 Å². The zero-order valence-corrected chi connectivity index (χ0v) is 18.2. The van der Waals surface area contributed by atoms with E-state index in [1.165, 1.54) is 6.07 Å². The normalized spacial score (nSPS) is 11.9. The topological polar surface area (TPSA) is 101 Å². The summed E-state index contributed by atoms with van der Waals surface area (Å²) in [4.78, 5) is 4.38. The highest BCUT2D eigenvalue weighted by Gasteiger charge is 2.15. The maximum absolute atomic E-state index is 12.2. The standard InChI is InChI=1S/C17H23ClN4O4S2/c1-4-19-17(22-12-5-6-13(25-2)14(11-12)26-3)20-9-10-21-28(23,24)16-8-7-15(18)27-16/h5-8,11,21H,4,9-10H2,1-3H3,(H2,19,20,22). The molecule has 2 aromatic rings. The number of nitrogens with one attached hydrogen (secondary N) is 3. The average molecular weight is 447 g/mol. The third kappa shape index (κ3) is 6.26. The zero-order valence-electron chi connectivity index (χ0n) is 15.8. The van der Waals surface area contributed by atoms with Gasteiger partial charge in [-0.25, -0.2) is 13.1 Å². The lowest BCUT2D eigenvalue weighted by Gasteiger charge is -2.14. The molecule has 8 nitrogen and oxygen atoms in total. The van der Waals surface area contributed by atoms with Gasteiger partial charge in [0.2, 0.25) is 10.0 Å². The first-order valence-corrected chi connectivity index (χ1v) is 11.1. The van der Waals surface area contributed by atoms with Gasteiger partial charge in [-0.2, -0.15) is 0 Å². The fraction of sp³-hybridized carbons (Fsp3) is 0.353. The number of benzene rings is 1. The van der Waals surface area contributed by atoms with Crippen LogP contribution in [0.2, 0.25) is 4.34 Å². The quantitative estimate of drug-likeness (QED) is 0.311. The molecule has 154 valence electrons. The number of sulfonamides is 1. The first-order valence-electron chi connectivity index (χ1n) is 8.42. The molecule has 0 aliphatic rings. The molecule has 3 N–H and O–H groups in total. The Kier molecular flexibility index (Phi) is 8.36. The van der Waals surface area contributed by atoms with Crippen LogP contribution in [-0.4, -0.2) is 48.2 Å². The number of nitrogens with zero attached hydrogens (tertiary/aromatic N) is 1. The van der Waals surface area contributed by atoms with E-state index in [0.717, 1.165) is 17.0 Å². The number of thiophene rings is 1. The smallest absolute Gasteiger partial charge is 0.250 e. The number of halogens is 1. The second-order valence-electron chi connectivity index (χ2n) is 5.41. The highest BCUT2D eigenvalue weighted by Crippen LogP contribution is 2.29. The van der Waals surface area contributed by atoms with Gasteiger partial charge in [-0.1, -0.05) is 11.6 Å². The molecule has 2 rings (SSSR count). The van der Waals surface area contributed by atoms with Crippen LogP contribution in [0.4, 0.5) is 5.69 Å². The fourth-order valence-electron chi connectivity index (χ4n) is 2.22. The van der Waals surface area contributed by atoms with Crippen LogP contribution in [0.1, 0.15) is 6.92 Å². The lowest BCUT2D eigenvalue weighted by atomic mass is 10.3. The molecule has 1 aromatic carbocycles. The summed E-state index contributed by atoms with van der Waals surface area (Å²) >= 11 is 6.80. The van der Waals surface area contributed by atoms with Gasteiger partial charge in [0.1, 0.15) is 4.21 Å². The van der Waals surface area contributed by atoms with Gasteiger partial charge in [0.05, 0.1) is 25.1 Å². The molecule has 0 spiro atoms. The third-order valence-electron chi connectivity index (χ3n) is 3.48. The fourth-order valence-corrected chi connectivity index (χ4v) is 4.77. The van der Waals surface area contributed by atoms with Crippen LogP contribution in [-0.2, 0) is 10.0 Å². The molecule has 11 heteroatoms. The molecule has 0 saturated carbocycles. The molecule has 28 heavy (non-hydrogen) atoms. The second-order valence-corrected chi connectivity index (χ2v) is 9.12. The largest absolute Gasteiger partial charge is 0.493 e. The molecule has 0 bridgehead atoms. The van der Waals surface area contributed by atoms with E-state index in [1.54, 1.807) is 32.4 Å². The van der Waals surface area contributed by atoms with Crippen molar-refractivity contribution >= 4 is 44.6 Å². The van der Waals surface area contributed by atoms with Gasteiger partial charge >= 0.3 is 0 Å². The predicted molar refractivity (Wildman–Crippen MR) is 114 cm³/mol. The number of anilines is 1. The lowest BCUT2D eigenvalue weighted by molar-refractivity contribution is 0.355. The van der Waals surface area contributed by atoms with Crippen molar-refractivity contribution in [2.24, 2.45) is 4.99 Å². The highest BCUT2D eigenvalue weighted by atomic mass is 35.5. The first kappa shape index (κ1) is 22.3. The molecular formula is C17H23ClN4O4S2. The van der Waals surface area contributed by atoms with Crippen LogP contribution in [0, 0.1) is 0 Å². The first-order chi connectivity index (χ1) is 13.4. The van der Waals surface area contributed by atoms with E-state index >= 15 is 0 Å². The number of aliphatic imine (C=N–C) groups is 1. The van der Waals surface area contributed by atoms with Crippen molar-refractivity contribution in [2.45, 2.75) is 11.1 Å². The third-order valence-corrected chi connectivity index (χ3v) is 6.66. The van der Waals surface area contributed by atoms with Crippen LogP contribution in [0.3, 0.4) is 0 Å². The van der Waals surface area contributed by atoms with Crippen molar-refractivity contribution in [3.63, 3.8) is 0 Å². The van der Waals surface area contributed by atoms with Gasteiger partial charge in [0, 0.05) is 24.8 Å². The summed E-state index contributed by atoms with van der Waals surface area (Å²) < 4.78 is 38.0. The molecule has 0 atom stereocenters. The Morgan fingerprint density at radius 1 is 1.18 bits per heavy atom. The van der Waals surface area contributed by atoms with Gasteiger partial charge in [0.25, 0.3) is 0 Å². The maximum Gasteiger partial charge on any atom is 0.250 e.